The lowest BCUT2D eigenvalue weighted by molar-refractivity contribution is 0.351. The Kier molecular flexibility index (Phi) is 1.70. The van der Waals surface area contributed by atoms with E-state index in [0.717, 1.165) is 6.17 Å². The lowest BCUT2D eigenvalue weighted by Gasteiger charge is -2.36. The van der Waals surface area contributed by atoms with Gasteiger partial charge in [-0.25, -0.2) is 0 Å². The highest BCUT2D eigenvalue weighted by Crippen LogP contribution is 2.30. The molecule has 0 aromatic carbocycles. The molecule has 1 saturated heterocycles. The SMILES string of the molecule is NC[Si]1(CO)CCC1. The summed E-state index contributed by atoms with van der Waals surface area (Å²) >= 11 is 0. The van der Waals surface area contributed by atoms with Crippen molar-refractivity contribution in [2.45, 2.75) is 18.5 Å². The quantitative estimate of drug-likeness (QED) is 0.513. The minimum absolute atomic E-state index is 0.420. The summed E-state index contributed by atoms with van der Waals surface area (Å²) in [6, 6.07) is 2.53. The van der Waals surface area contributed by atoms with Crippen molar-refractivity contribution in [2.24, 2.45) is 5.73 Å². The van der Waals surface area contributed by atoms with E-state index in [9.17, 15) is 0 Å². The molecule has 8 heavy (non-hydrogen) atoms. The third kappa shape index (κ3) is 0.810. The normalized spacial score (nSPS) is 24.8. The number of aliphatic hydroxyl groups excluding tert-OH is 1. The van der Waals surface area contributed by atoms with Gasteiger partial charge in [-0.2, -0.15) is 0 Å². The summed E-state index contributed by atoms with van der Waals surface area (Å²) in [5.41, 5.74) is 5.48. The number of hydrogen-bond donors (Lipinski definition) is 2. The van der Waals surface area contributed by atoms with Crippen LogP contribution in [0.5, 0.6) is 0 Å². The molecule has 0 aromatic rings. The highest BCUT2D eigenvalue weighted by atomic mass is 28.3. The number of rotatable bonds is 2. The van der Waals surface area contributed by atoms with Crippen molar-refractivity contribution in [2.75, 3.05) is 12.4 Å². The minimum Gasteiger partial charge on any atom is -0.400 e. The van der Waals surface area contributed by atoms with Crippen molar-refractivity contribution in [1.82, 2.24) is 0 Å². The zero-order valence-electron chi connectivity index (χ0n) is 5.06. The van der Waals surface area contributed by atoms with Crippen LogP contribution in [0.25, 0.3) is 0 Å². The van der Waals surface area contributed by atoms with Gasteiger partial charge >= 0.3 is 0 Å². The van der Waals surface area contributed by atoms with Crippen LogP contribution in [0, 0.1) is 0 Å². The molecule has 48 valence electrons. The van der Waals surface area contributed by atoms with Crippen LogP contribution in [0.4, 0.5) is 0 Å². The van der Waals surface area contributed by atoms with Crippen molar-refractivity contribution in [1.29, 1.82) is 0 Å². The lowest BCUT2D eigenvalue weighted by atomic mass is 10.5. The second kappa shape index (κ2) is 2.17. The largest absolute Gasteiger partial charge is 0.400 e. The molecule has 0 spiro atoms. The summed E-state index contributed by atoms with van der Waals surface area (Å²) in [5.74, 6) is 0. The first-order valence-corrected chi connectivity index (χ1v) is 5.97. The van der Waals surface area contributed by atoms with Gasteiger partial charge in [0.2, 0.25) is 0 Å². The number of aliphatic hydroxyl groups is 1. The third-order valence-electron chi connectivity index (χ3n) is 2.18. The monoisotopic (exact) mass is 131 g/mol. The minimum atomic E-state index is -1.16. The Morgan fingerprint density at radius 3 is 2.12 bits per heavy atom. The molecule has 1 aliphatic heterocycles. The molecular weight excluding hydrogens is 118 g/mol. The van der Waals surface area contributed by atoms with Crippen LogP contribution in [0.1, 0.15) is 6.42 Å². The summed E-state index contributed by atoms with van der Waals surface area (Å²) in [4.78, 5) is 0. The van der Waals surface area contributed by atoms with E-state index in [0.29, 0.717) is 6.23 Å². The molecule has 3 N–H and O–H groups in total. The van der Waals surface area contributed by atoms with Gasteiger partial charge < -0.3 is 10.8 Å². The van der Waals surface area contributed by atoms with Crippen molar-refractivity contribution in [3.8, 4) is 0 Å². The highest BCUT2D eigenvalue weighted by Gasteiger charge is 2.37. The van der Waals surface area contributed by atoms with Crippen molar-refractivity contribution >= 4 is 8.07 Å². The molecule has 0 unspecified atom stereocenters. The predicted octanol–water partition coefficient (Wildman–Crippen LogP) is -0.132. The standard InChI is InChI=1S/C5H13NOSi/c6-4-8(5-7)2-1-3-8/h7H,1-6H2. The van der Waals surface area contributed by atoms with E-state index >= 15 is 0 Å². The van der Waals surface area contributed by atoms with Crippen LogP contribution in [-0.2, 0) is 0 Å². The van der Waals surface area contributed by atoms with E-state index in [1.807, 2.05) is 0 Å². The lowest BCUT2D eigenvalue weighted by Crippen LogP contribution is -2.52. The van der Waals surface area contributed by atoms with Gasteiger partial charge in [-0.3, -0.25) is 0 Å². The van der Waals surface area contributed by atoms with E-state index in [1.165, 1.54) is 18.5 Å². The Labute approximate surface area is 50.7 Å². The first kappa shape index (κ1) is 6.26. The van der Waals surface area contributed by atoms with Crippen molar-refractivity contribution in [3.05, 3.63) is 0 Å². The maximum Gasteiger partial charge on any atom is 0.0973 e. The summed E-state index contributed by atoms with van der Waals surface area (Å²) in [6.45, 7) is 0. The van der Waals surface area contributed by atoms with Crippen molar-refractivity contribution < 1.29 is 5.11 Å². The molecule has 1 fully saturated rings. The first-order valence-electron chi connectivity index (χ1n) is 3.14. The Hall–Kier alpha value is 0.137. The second-order valence-corrected chi connectivity index (χ2v) is 7.44. The highest BCUT2D eigenvalue weighted by molar-refractivity contribution is 6.82. The van der Waals surface area contributed by atoms with Crippen LogP contribution >= 0.6 is 0 Å². The smallest absolute Gasteiger partial charge is 0.0973 e. The Bertz CT molecular complexity index is 69.0. The molecule has 0 aliphatic carbocycles. The molecule has 0 amide bonds. The number of hydrogen-bond acceptors (Lipinski definition) is 2. The second-order valence-electron chi connectivity index (χ2n) is 2.72. The maximum atomic E-state index is 8.82. The van der Waals surface area contributed by atoms with E-state index in [4.69, 9.17) is 10.8 Å². The van der Waals surface area contributed by atoms with Gasteiger partial charge in [-0.15, -0.1) is 0 Å². The van der Waals surface area contributed by atoms with Crippen molar-refractivity contribution in [3.63, 3.8) is 0 Å². The van der Waals surface area contributed by atoms with Crippen LogP contribution < -0.4 is 5.73 Å². The molecule has 1 aliphatic rings. The van der Waals surface area contributed by atoms with Crippen LogP contribution in [0.15, 0.2) is 0 Å². The van der Waals surface area contributed by atoms with Crippen LogP contribution in [-0.4, -0.2) is 25.6 Å². The van der Waals surface area contributed by atoms with Gasteiger partial charge in [0.05, 0.1) is 8.07 Å². The fraction of sp³-hybridized carbons (Fsp3) is 1.00. The summed E-state index contributed by atoms with van der Waals surface area (Å²) in [7, 11) is -1.16. The molecular formula is C5H13NOSi. The Morgan fingerprint density at radius 2 is 2.12 bits per heavy atom. The van der Waals surface area contributed by atoms with E-state index < -0.39 is 8.07 Å². The fourth-order valence-electron chi connectivity index (χ4n) is 1.10. The molecule has 1 heterocycles. The summed E-state index contributed by atoms with van der Waals surface area (Å²) in [6.07, 6.45) is 2.52. The van der Waals surface area contributed by atoms with Gasteiger partial charge in [0, 0.05) is 6.23 Å². The molecule has 0 radical (unpaired) electrons. The van der Waals surface area contributed by atoms with E-state index in [-0.39, 0.29) is 0 Å². The maximum absolute atomic E-state index is 8.82. The van der Waals surface area contributed by atoms with Crippen LogP contribution in [0.3, 0.4) is 0 Å². The van der Waals surface area contributed by atoms with Gasteiger partial charge in [0.25, 0.3) is 0 Å². The fourth-order valence-corrected chi connectivity index (χ4v) is 3.31. The summed E-state index contributed by atoms with van der Waals surface area (Å²) in [5, 5.41) is 8.82. The molecule has 0 atom stereocenters. The average Bonchev–Trinajstić information content (AvgIpc) is 1.67. The molecule has 1 rings (SSSR count). The molecule has 0 saturated carbocycles. The Morgan fingerprint density at radius 1 is 1.50 bits per heavy atom. The molecule has 0 aromatic heterocycles. The van der Waals surface area contributed by atoms with Gasteiger partial charge in [0.15, 0.2) is 0 Å². The number of nitrogens with two attached hydrogens (primary N) is 1. The first-order chi connectivity index (χ1) is 3.83. The topological polar surface area (TPSA) is 46.2 Å². The zero-order valence-corrected chi connectivity index (χ0v) is 6.06. The third-order valence-corrected chi connectivity index (χ3v) is 6.55. The predicted molar refractivity (Wildman–Crippen MR) is 36.1 cm³/mol. The summed E-state index contributed by atoms with van der Waals surface area (Å²) < 4.78 is 0. The van der Waals surface area contributed by atoms with E-state index in [1.54, 1.807) is 0 Å². The molecule has 2 nitrogen and oxygen atoms in total. The average molecular weight is 131 g/mol. The van der Waals surface area contributed by atoms with Gasteiger partial charge in [-0.05, 0) is 6.17 Å². The molecule has 0 bridgehead atoms. The van der Waals surface area contributed by atoms with E-state index in [2.05, 4.69) is 0 Å². The van der Waals surface area contributed by atoms with Crippen LogP contribution in [0.2, 0.25) is 12.1 Å². The van der Waals surface area contributed by atoms with Gasteiger partial charge in [0.1, 0.15) is 0 Å². The zero-order chi connectivity index (χ0) is 6.04. The molecule has 3 heteroatoms. The Balaban J connectivity index is 2.33. The van der Waals surface area contributed by atoms with Gasteiger partial charge in [-0.1, -0.05) is 18.5 Å².